The molecule has 1 aliphatic heterocycles. The van der Waals surface area contributed by atoms with Crippen LogP contribution in [0.5, 0.6) is 0 Å². The third kappa shape index (κ3) is 1.72. The van der Waals surface area contributed by atoms with E-state index >= 15 is 0 Å². The minimum absolute atomic E-state index is 0.0786. The first-order chi connectivity index (χ1) is 11.3. The molecule has 0 bridgehead atoms. The second kappa shape index (κ2) is 4.49. The molecule has 1 saturated heterocycles. The van der Waals surface area contributed by atoms with Crippen LogP contribution in [-0.2, 0) is 9.47 Å². The van der Waals surface area contributed by atoms with E-state index in [0.29, 0.717) is 11.1 Å². The second-order valence-electron chi connectivity index (χ2n) is 7.74. The van der Waals surface area contributed by atoms with Crippen LogP contribution in [0.2, 0.25) is 5.15 Å². The number of nitrogens with zero attached hydrogens (tertiary/aromatic N) is 3. The Morgan fingerprint density at radius 1 is 1.38 bits per heavy atom. The maximum Gasteiger partial charge on any atom is 0.163 e. The first-order valence-corrected chi connectivity index (χ1v) is 8.74. The Kier molecular flexibility index (Phi) is 2.82. The van der Waals surface area contributed by atoms with Gasteiger partial charge in [-0.25, -0.2) is 9.97 Å². The summed E-state index contributed by atoms with van der Waals surface area (Å²) in [6.45, 7) is 5.73. The number of aliphatic hydroxyl groups is 1. The highest BCUT2D eigenvalue weighted by Crippen LogP contribution is 2.73. The zero-order chi connectivity index (χ0) is 16.9. The summed E-state index contributed by atoms with van der Waals surface area (Å²) in [5.74, 6) is -0.327. The first-order valence-electron chi connectivity index (χ1n) is 8.36. The summed E-state index contributed by atoms with van der Waals surface area (Å²) >= 11 is 6.20. The molecule has 6 nitrogen and oxygen atoms in total. The average molecular weight is 350 g/mol. The smallest absolute Gasteiger partial charge is 0.163 e. The fourth-order valence-corrected chi connectivity index (χ4v) is 5.21. The normalized spacial score (nSPS) is 40.5. The van der Waals surface area contributed by atoms with E-state index in [0.717, 1.165) is 17.5 Å². The highest BCUT2D eigenvalue weighted by molar-refractivity contribution is 6.33. The molecular weight excluding hydrogens is 330 g/mol. The van der Waals surface area contributed by atoms with Crippen molar-refractivity contribution >= 4 is 22.6 Å². The van der Waals surface area contributed by atoms with Crippen molar-refractivity contribution in [3.05, 3.63) is 23.7 Å². The Hall–Kier alpha value is -1.21. The Labute approximate surface area is 144 Å². The zero-order valence-electron chi connectivity index (χ0n) is 13.8. The van der Waals surface area contributed by atoms with Gasteiger partial charge in [-0.05, 0) is 39.2 Å². The van der Waals surface area contributed by atoms with Crippen molar-refractivity contribution in [1.29, 1.82) is 0 Å². The quantitative estimate of drug-likeness (QED) is 0.844. The minimum Gasteiger partial charge on any atom is -0.393 e. The van der Waals surface area contributed by atoms with Gasteiger partial charge in [-0.3, -0.25) is 0 Å². The monoisotopic (exact) mass is 349 g/mol. The lowest BCUT2D eigenvalue weighted by Crippen LogP contribution is -2.36. The van der Waals surface area contributed by atoms with Crippen molar-refractivity contribution in [1.82, 2.24) is 14.5 Å². The van der Waals surface area contributed by atoms with E-state index in [9.17, 15) is 5.11 Å². The Morgan fingerprint density at radius 2 is 2.17 bits per heavy atom. The maximum absolute atomic E-state index is 10.5. The number of rotatable bonds is 2. The van der Waals surface area contributed by atoms with Crippen LogP contribution in [0.1, 0.15) is 33.2 Å². The van der Waals surface area contributed by atoms with Crippen LogP contribution in [0.15, 0.2) is 18.6 Å². The third-order valence-corrected chi connectivity index (χ3v) is 6.37. The van der Waals surface area contributed by atoms with E-state index < -0.39 is 11.9 Å². The molecule has 3 aliphatic rings. The molecule has 7 heteroatoms. The van der Waals surface area contributed by atoms with E-state index in [-0.39, 0.29) is 23.7 Å². The number of aliphatic hydroxyl groups excluding tert-OH is 1. The molecular formula is C17H20ClN3O3. The number of hydrogen-bond acceptors (Lipinski definition) is 5. The Balaban J connectivity index is 1.64. The van der Waals surface area contributed by atoms with Crippen LogP contribution in [0, 0.1) is 11.3 Å². The molecule has 2 aromatic rings. The lowest BCUT2D eigenvalue weighted by Gasteiger charge is -2.25. The molecule has 3 fully saturated rings. The standard InChI is InChI=1S/C17H20ClN3O3/c1-8(22)17-6-10(17)11(12-13(17)24-16(2,3)23-12)21-5-4-9-14(18)19-7-20-15(9)21/h4-5,7-8,10-13,22H,6H2,1-3H3/t8?,10-,11-,12+,13+,17?/m1/s1. The van der Waals surface area contributed by atoms with E-state index in [1.54, 1.807) is 0 Å². The van der Waals surface area contributed by atoms with Gasteiger partial charge in [-0.2, -0.15) is 0 Å². The fourth-order valence-electron chi connectivity index (χ4n) is 5.02. The second-order valence-corrected chi connectivity index (χ2v) is 8.09. The van der Waals surface area contributed by atoms with Crippen molar-refractivity contribution in [2.45, 2.75) is 57.3 Å². The highest BCUT2D eigenvalue weighted by atomic mass is 35.5. The molecule has 2 aromatic heterocycles. The SMILES string of the molecule is CC(O)C12C[C@@H]1[C@@H](n1ccc3c(Cl)ncnc31)[C@@H]1OC(C)(C)O[C@@H]12. The molecule has 3 heterocycles. The molecule has 5 rings (SSSR count). The van der Waals surface area contributed by atoms with Gasteiger partial charge in [0.1, 0.15) is 23.2 Å². The highest BCUT2D eigenvalue weighted by Gasteiger charge is 2.77. The van der Waals surface area contributed by atoms with Gasteiger partial charge in [0.2, 0.25) is 0 Å². The first kappa shape index (κ1) is 15.1. The molecule has 0 aromatic carbocycles. The molecule has 0 radical (unpaired) electrons. The predicted molar refractivity (Wildman–Crippen MR) is 87.6 cm³/mol. The zero-order valence-corrected chi connectivity index (χ0v) is 14.6. The van der Waals surface area contributed by atoms with Crippen molar-refractivity contribution in [2.75, 3.05) is 0 Å². The molecule has 1 N–H and O–H groups in total. The summed E-state index contributed by atoms with van der Waals surface area (Å²) in [5, 5.41) is 11.7. The molecule has 2 saturated carbocycles. The summed E-state index contributed by atoms with van der Waals surface area (Å²) in [5.41, 5.74) is 0.580. The summed E-state index contributed by atoms with van der Waals surface area (Å²) < 4.78 is 14.6. The van der Waals surface area contributed by atoms with Crippen LogP contribution in [0.3, 0.4) is 0 Å². The fraction of sp³-hybridized carbons (Fsp3) is 0.647. The number of fused-ring (bicyclic) bond motifs is 4. The largest absolute Gasteiger partial charge is 0.393 e. The number of hydrogen-bond donors (Lipinski definition) is 1. The Morgan fingerprint density at radius 3 is 2.92 bits per heavy atom. The van der Waals surface area contributed by atoms with Gasteiger partial charge >= 0.3 is 0 Å². The Bertz CT molecular complexity index is 836. The van der Waals surface area contributed by atoms with Crippen molar-refractivity contribution in [3.63, 3.8) is 0 Å². The van der Waals surface area contributed by atoms with Crippen molar-refractivity contribution < 1.29 is 14.6 Å². The number of aromatic nitrogens is 3. The van der Waals surface area contributed by atoms with Crippen LogP contribution in [0.25, 0.3) is 11.0 Å². The summed E-state index contributed by atoms with van der Waals surface area (Å²) in [6, 6.07) is 2.02. The summed E-state index contributed by atoms with van der Waals surface area (Å²) in [4.78, 5) is 8.48. The predicted octanol–water partition coefficient (Wildman–Crippen LogP) is 2.55. The van der Waals surface area contributed by atoms with Gasteiger partial charge in [0.25, 0.3) is 0 Å². The topological polar surface area (TPSA) is 69.4 Å². The molecule has 2 aliphatic carbocycles. The summed E-state index contributed by atoms with van der Waals surface area (Å²) in [7, 11) is 0. The van der Waals surface area contributed by atoms with E-state index in [1.807, 2.05) is 33.0 Å². The average Bonchev–Trinajstić information content (AvgIpc) is 2.81. The molecule has 0 amide bonds. The van der Waals surface area contributed by atoms with E-state index in [4.69, 9.17) is 21.1 Å². The van der Waals surface area contributed by atoms with E-state index in [2.05, 4.69) is 14.5 Å². The van der Waals surface area contributed by atoms with Crippen molar-refractivity contribution in [3.8, 4) is 0 Å². The van der Waals surface area contributed by atoms with E-state index in [1.165, 1.54) is 6.33 Å². The molecule has 2 unspecified atom stereocenters. The van der Waals surface area contributed by atoms with Crippen molar-refractivity contribution in [2.24, 2.45) is 11.3 Å². The third-order valence-electron chi connectivity index (χ3n) is 6.07. The van der Waals surface area contributed by atoms with Gasteiger partial charge in [-0.15, -0.1) is 0 Å². The minimum atomic E-state index is -0.640. The molecule has 6 atom stereocenters. The van der Waals surface area contributed by atoms with Gasteiger partial charge < -0.3 is 19.1 Å². The van der Waals surface area contributed by atoms with Gasteiger partial charge in [0.15, 0.2) is 5.79 Å². The molecule has 0 spiro atoms. The van der Waals surface area contributed by atoms with Crippen LogP contribution in [0.4, 0.5) is 0 Å². The molecule has 128 valence electrons. The van der Waals surface area contributed by atoms with Crippen LogP contribution >= 0.6 is 11.6 Å². The van der Waals surface area contributed by atoms with Crippen LogP contribution in [-0.4, -0.2) is 43.7 Å². The van der Waals surface area contributed by atoms with Gasteiger partial charge in [0, 0.05) is 11.6 Å². The molecule has 24 heavy (non-hydrogen) atoms. The maximum atomic E-state index is 10.5. The van der Waals surface area contributed by atoms with Crippen LogP contribution < -0.4 is 0 Å². The number of halogens is 1. The lowest BCUT2D eigenvalue weighted by atomic mass is 9.93. The van der Waals surface area contributed by atoms with Gasteiger partial charge in [0.05, 0.1) is 23.6 Å². The van der Waals surface area contributed by atoms with Gasteiger partial charge in [-0.1, -0.05) is 11.6 Å². The lowest BCUT2D eigenvalue weighted by molar-refractivity contribution is -0.166. The summed E-state index contributed by atoms with van der Waals surface area (Å²) in [6.07, 6.45) is 3.79. The number of ether oxygens (including phenoxy) is 2.